The summed E-state index contributed by atoms with van der Waals surface area (Å²) >= 11 is 1.47. The Kier molecular flexibility index (Phi) is 12.8. The van der Waals surface area contributed by atoms with Gasteiger partial charge in [0, 0.05) is 12.8 Å². The number of benzene rings is 2. The summed E-state index contributed by atoms with van der Waals surface area (Å²) in [6.45, 7) is 3.58. The molecule has 10 nitrogen and oxygen atoms in total. The summed E-state index contributed by atoms with van der Waals surface area (Å²) in [5.74, 6) is -2.52. The van der Waals surface area contributed by atoms with E-state index in [0.717, 1.165) is 5.56 Å². The lowest BCUT2D eigenvalue weighted by atomic mass is 10.0. The number of carbonyl (C=O) groups excluding carboxylic acids is 3. The maximum atomic E-state index is 13.4. The minimum Gasteiger partial charge on any atom is -0.508 e. The SMILES string of the molecule is CSCCC(NC(=O)C(Cc1ccc(O)cc1)NC(=O)C(N)C(C)C)C(=O)NC(Cc1ccccc1)C(=O)O. The minimum atomic E-state index is -1.19. The molecule has 0 radical (unpaired) electrons. The molecule has 0 heterocycles. The highest BCUT2D eigenvalue weighted by Gasteiger charge is 2.31. The highest BCUT2D eigenvalue weighted by molar-refractivity contribution is 7.98. The molecule has 2 aromatic rings. The number of carbonyl (C=O) groups is 4. The summed E-state index contributed by atoms with van der Waals surface area (Å²) < 4.78 is 0. The zero-order chi connectivity index (χ0) is 28.9. The fourth-order valence-electron chi connectivity index (χ4n) is 3.75. The summed E-state index contributed by atoms with van der Waals surface area (Å²) in [7, 11) is 0. The summed E-state index contributed by atoms with van der Waals surface area (Å²) in [4.78, 5) is 51.2. The molecule has 0 fully saturated rings. The molecule has 2 rings (SSSR count). The van der Waals surface area contributed by atoms with Crippen LogP contribution in [0.4, 0.5) is 0 Å². The number of thioether (sulfide) groups is 1. The van der Waals surface area contributed by atoms with E-state index < -0.39 is 47.9 Å². The van der Waals surface area contributed by atoms with Crippen molar-refractivity contribution in [1.82, 2.24) is 16.0 Å². The second-order valence-corrected chi connectivity index (χ2v) is 10.6. The Bertz CT molecular complexity index is 1100. The number of aliphatic carboxylic acids is 1. The summed E-state index contributed by atoms with van der Waals surface area (Å²) in [6, 6.07) is 11.0. The number of nitrogens with two attached hydrogens (primary N) is 1. The van der Waals surface area contributed by atoms with Crippen molar-refractivity contribution in [1.29, 1.82) is 0 Å². The largest absolute Gasteiger partial charge is 0.508 e. The molecule has 4 atom stereocenters. The lowest BCUT2D eigenvalue weighted by molar-refractivity contribution is -0.142. The fraction of sp³-hybridized carbons (Fsp3) is 0.429. The topological polar surface area (TPSA) is 171 Å². The molecular weight excluding hydrogens is 520 g/mol. The van der Waals surface area contributed by atoms with Gasteiger partial charge in [-0.15, -0.1) is 0 Å². The zero-order valence-corrected chi connectivity index (χ0v) is 23.2. The Morgan fingerprint density at radius 3 is 1.87 bits per heavy atom. The van der Waals surface area contributed by atoms with Gasteiger partial charge in [0.05, 0.1) is 6.04 Å². The molecular formula is C28H38N4O6S. The van der Waals surface area contributed by atoms with Crippen LogP contribution < -0.4 is 21.7 Å². The van der Waals surface area contributed by atoms with Crippen molar-refractivity contribution in [3.8, 4) is 5.75 Å². The molecule has 39 heavy (non-hydrogen) atoms. The highest BCUT2D eigenvalue weighted by atomic mass is 32.2. The Hall–Kier alpha value is -3.57. The van der Waals surface area contributed by atoms with Crippen LogP contribution >= 0.6 is 11.8 Å². The molecule has 212 valence electrons. The van der Waals surface area contributed by atoms with Crippen molar-refractivity contribution in [2.75, 3.05) is 12.0 Å². The van der Waals surface area contributed by atoms with Crippen LogP contribution in [0.5, 0.6) is 5.75 Å². The highest BCUT2D eigenvalue weighted by Crippen LogP contribution is 2.13. The van der Waals surface area contributed by atoms with Crippen molar-refractivity contribution in [2.24, 2.45) is 11.7 Å². The first kappa shape index (κ1) is 31.6. The van der Waals surface area contributed by atoms with Crippen LogP contribution in [0.1, 0.15) is 31.4 Å². The number of phenolic OH excluding ortho intramolecular Hbond substituents is 1. The first-order valence-electron chi connectivity index (χ1n) is 12.7. The van der Waals surface area contributed by atoms with E-state index in [1.165, 1.54) is 23.9 Å². The van der Waals surface area contributed by atoms with Crippen molar-refractivity contribution in [2.45, 2.75) is 57.3 Å². The Labute approximate surface area is 233 Å². The molecule has 0 aliphatic carbocycles. The van der Waals surface area contributed by atoms with E-state index in [9.17, 15) is 29.4 Å². The second-order valence-electron chi connectivity index (χ2n) is 9.63. The third kappa shape index (κ3) is 10.6. The van der Waals surface area contributed by atoms with Gasteiger partial charge in [-0.05, 0) is 47.6 Å². The van der Waals surface area contributed by atoms with Crippen LogP contribution in [-0.4, -0.2) is 70.1 Å². The van der Waals surface area contributed by atoms with Gasteiger partial charge in [0.15, 0.2) is 0 Å². The standard InChI is InChI=1S/C28H38N4O6S/c1-17(2)24(29)27(36)31-22(15-19-9-11-20(33)12-10-19)26(35)30-21(13-14-39-3)25(34)32-23(28(37)38)16-18-7-5-4-6-8-18/h4-12,17,21-24,33H,13-16,29H2,1-3H3,(H,30,35)(H,31,36)(H,32,34)(H,37,38). The summed E-state index contributed by atoms with van der Waals surface area (Å²) in [6.07, 6.45) is 2.28. The molecule has 0 bridgehead atoms. The molecule has 2 aromatic carbocycles. The number of amides is 3. The van der Waals surface area contributed by atoms with E-state index in [4.69, 9.17) is 5.73 Å². The van der Waals surface area contributed by atoms with Crippen molar-refractivity contribution in [3.05, 3.63) is 65.7 Å². The third-order valence-electron chi connectivity index (χ3n) is 6.17. The van der Waals surface area contributed by atoms with Crippen molar-refractivity contribution >= 4 is 35.5 Å². The van der Waals surface area contributed by atoms with Crippen LogP contribution in [0.25, 0.3) is 0 Å². The maximum absolute atomic E-state index is 13.4. The van der Waals surface area contributed by atoms with E-state index in [0.29, 0.717) is 11.3 Å². The van der Waals surface area contributed by atoms with E-state index in [1.807, 2.05) is 12.3 Å². The minimum absolute atomic E-state index is 0.0582. The van der Waals surface area contributed by atoms with Gasteiger partial charge >= 0.3 is 5.97 Å². The molecule has 0 spiro atoms. The monoisotopic (exact) mass is 558 g/mol. The van der Waals surface area contributed by atoms with Gasteiger partial charge in [-0.2, -0.15) is 11.8 Å². The lowest BCUT2D eigenvalue weighted by Gasteiger charge is -2.26. The molecule has 4 unspecified atom stereocenters. The van der Waals surface area contributed by atoms with E-state index in [2.05, 4.69) is 16.0 Å². The van der Waals surface area contributed by atoms with Gasteiger partial charge < -0.3 is 31.9 Å². The number of nitrogens with one attached hydrogen (secondary N) is 3. The van der Waals surface area contributed by atoms with E-state index in [1.54, 1.807) is 50.2 Å². The van der Waals surface area contributed by atoms with E-state index >= 15 is 0 Å². The molecule has 7 N–H and O–H groups in total. The van der Waals surface area contributed by atoms with Gasteiger partial charge in [-0.1, -0.05) is 56.3 Å². The van der Waals surface area contributed by atoms with Crippen LogP contribution in [0.2, 0.25) is 0 Å². The predicted octanol–water partition coefficient (Wildman–Crippen LogP) is 1.45. The third-order valence-corrected chi connectivity index (χ3v) is 6.81. The number of hydrogen-bond donors (Lipinski definition) is 6. The average Bonchev–Trinajstić information content (AvgIpc) is 2.91. The number of aromatic hydroxyl groups is 1. The molecule has 0 saturated carbocycles. The normalized spacial score (nSPS) is 14.1. The van der Waals surface area contributed by atoms with E-state index in [-0.39, 0.29) is 30.9 Å². The smallest absolute Gasteiger partial charge is 0.326 e. The van der Waals surface area contributed by atoms with Crippen molar-refractivity contribution < 1.29 is 29.4 Å². The number of carboxylic acids is 1. The molecule has 11 heteroatoms. The molecule has 0 aromatic heterocycles. The number of hydrogen-bond acceptors (Lipinski definition) is 7. The van der Waals surface area contributed by atoms with Crippen LogP contribution in [0, 0.1) is 5.92 Å². The van der Waals surface area contributed by atoms with Gasteiger partial charge in [0.1, 0.15) is 23.9 Å². The van der Waals surface area contributed by atoms with Gasteiger partial charge in [0.2, 0.25) is 17.7 Å². The summed E-state index contributed by atoms with van der Waals surface area (Å²) in [5, 5.41) is 27.2. The number of phenols is 1. The van der Waals surface area contributed by atoms with Crippen LogP contribution in [0.15, 0.2) is 54.6 Å². The Morgan fingerprint density at radius 1 is 0.795 bits per heavy atom. The zero-order valence-electron chi connectivity index (χ0n) is 22.4. The van der Waals surface area contributed by atoms with Crippen molar-refractivity contribution in [3.63, 3.8) is 0 Å². The van der Waals surface area contributed by atoms with Crippen LogP contribution in [0.3, 0.4) is 0 Å². The maximum Gasteiger partial charge on any atom is 0.326 e. The predicted molar refractivity (Wildman–Crippen MR) is 151 cm³/mol. The second kappa shape index (κ2) is 15.7. The Morgan fingerprint density at radius 2 is 1.31 bits per heavy atom. The fourth-order valence-corrected chi connectivity index (χ4v) is 4.22. The average molecular weight is 559 g/mol. The van der Waals surface area contributed by atoms with Gasteiger partial charge in [0.25, 0.3) is 0 Å². The quantitative estimate of drug-likeness (QED) is 0.191. The molecule has 0 saturated heterocycles. The van der Waals surface area contributed by atoms with Crippen LogP contribution in [-0.2, 0) is 32.0 Å². The first-order valence-corrected chi connectivity index (χ1v) is 14.1. The van der Waals surface area contributed by atoms with Gasteiger partial charge in [-0.3, -0.25) is 14.4 Å². The number of carboxylic acid groups (broad SMARTS) is 1. The molecule has 0 aliphatic rings. The molecule has 0 aliphatic heterocycles. The summed E-state index contributed by atoms with van der Waals surface area (Å²) in [5.41, 5.74) is 7.40. The lowest BCUT2D eigenvalue weighted by Crippen LogP contribution is -2.58. The van der Waals surface area contributed by atoms with Gasteiger partial charge in [-0.25, -0.2) is 4.79 Å². The first-order chi connectivity index (χ1) is 18.5. The number of rotatable bonds is 15. The Balaban J connectivity index is 2.22. The molecule has 3 amide bonds.